The van der Waals surface area contributed by atoms with Crippen molar-refractivity contribution in [3.8, 4) is 5.75 Å². The minimum absolute atomic E-state index is 0.0813. The maximum absolute atomic E-state index is 13.2. The summed E-state index contributed by atoms with van der Waals surface area (Å²) in [6.45, 7) is 5.73. The molecule has 0 saturated carbocycles. The molecule has 0 fully saturated rings. The van der Waals surface area contributed by atoms with Crippen LogP contribution in [0, 0.1) is 12.8 Å². The number of aromatic nitrogens is 1. The molecule has 0 aliphatic heterocycles. The van der Waals surface area contributed by atoms with Gasteiger partial charge in [0.05, 0.1) is 13.2 Å². The van der Waals surface area contributed by atoms with Crippen LogP contribution in [0.15, 0.2) is 66.9 Å². The SMILES string of the molecule is CCOC(=O)C(C(=O)OCC)C(CC(=O)c1ccc(C)cc1)c1ccc(OCc2ccc(Cl)nc2)cc1. The number of aryl methyl sites for hydroxylation is 1. The Morgan fingerprint density at radius 2 is 1.49 bits per heavy atom. The maximum atomic E-state index is 13.2. The highest BCUT2D eigenvalue weighted by molar-refractivity contribution is 6.29. The van der Waals surface area contributed by atoms with Gasteiger partial charge in [-0.3, -0.25) is 14.4 Å². The molecule has 0 bridgehead atoms. The van der Waals surface area contributed by atoms with E-state index in [-0.39, 0.29) is 32.0 Å². The third-order valence-corrected chi connectivity index (χ3v) is 5.99. The van der Waals surface area contributed by atoms with Gasteiger partial charge >= 0.3 is 11.9 Å². The number of nitrogens with zero attached hydrogens (tertiary/aromatic N) is 1. The predicted octanol–water partition coefficient (Wildman–Crippen LogP) is 5.72. The number of hydrogen-bond acceptors (Lipinski definition) is 7. The summed E-state index contributed by atoms with van der Waals surface area (Å²) in [6.07, 6.45) is 1.55. The molecule has 0 aliphatic carbocycles. The molecule has 8 heteroatoms. The highest BCUT2D eigenvalue weighted by Crippen LogP contribution is 2.33. The van der Waals surface area contributed by atoms with Crippen molar-refractivity contribution in [2.45, 2.75) is 39.7 Å². The van der Waals surface area contributed by atoms with E-state index in [1.165, 1.54) is 0 Å². The summed E-state index contributed by atoms with van der Waals surface area (Å²) < 4.78 is 16.2. The molecule has 3 rings (SSSR count). The first-order chi connectivity index (χ1) is 17.8. The highest BCUT2D eigenvalue weighted by Gasteiger charge is 2.39. The van der Waals surface area contributed by atoms with Gasteiger partial charge in [-0.1, -0.05) is 59.6 Å². The molecule has 0 N–H and O–H groups in total. The molecule has 194 valence electrons. The van der Waals surface area contributed by atoms with E-state index in [2.05, 4.69) is 4.98 Å². The van der Waals surface area contributed by atoms with Crippen LogP contribution in [-0.2, 0) is 25.7 Å². The molecule has 1 unspecified atom stereocenters. The largest absolute Gasteiger partial charge is 0.489 e. The third kappa shape index (κ3) is 7.89. The van der Waals surface area contributed by atoms with E-state index < -0.39 is 23.8 Å². The van der Waals surface area contributed by atoms with Gasteiger partial charge in [0.25, 0.3) is 0 Å². The van der Waals surface area contributed by atoms with E-state index >= 15 is 0 Å². The number of carbonyl (C=O) groups excluding carboxylic acids is 3. The fourth-order valence-electron chi connectivity index (χ4n) is 3.84. The second-order valence-corrected chi connectivity index (χ2v) is 8.82. The number of esters is 2. The summed E-state index contributed by atoms with van der Waals surface area (Å²) in [5.41, 5.74) is 2.99. The third-order valence-electron chi connectivity index (χ3n) is 5.76. The summed E-state index contributed by atoms with van der Waals surface area (Å²) in [5.74, 6) is -3.15. The zero-order valence-electron chi connectivity index (χ0n) is 21.1. The van der Waals surface area contributed by atoms with Gasteiger partial charge in [0.2, 0.25) is 0 Å². The molecule has 0 aliphatic rings. The van der Waals surface area contributed by atoms with Crippen LogP contribution in [0.25, 0.3) is 0 Å². The van der Waals surface area contributed by atoms with Gasteiger partial charge in [0.15, 0.2) is 11.7 Å². The lowest BCUT2D eigenvalue weighted by atomic mass is 9.81. The fourth-order valence-corrected chi connectivity index (χ4v) is 3.96. The Balaban J connectivity index is 1.88. The lowest BCUT2D eigenvalue weighted by molar-refractivity contribution is -0.162. The van der Waals surface area contributed by atoms with Crippen molar-refractivity contribution in [1.29, 1.82) is 0 Å². The van der Waals surface area contributed by atoms with Crippen LogP contribution in [0.1, 0.15) is 53.2 Å². The summed E-state index contributed by atoms with van der Waals surface area (Å²) in [4.78, 5) is 43.1. The van der Waals surface area contributed by atoms with Crippen molar-refractivity contribution in [2.75, 3.05) is 13.2 Å². The van der Waals surface area contributed by atoms with Gasteiger partial charge in [-0.05, 0) is 44.5 Å². The average molecular weight is 524 g/mol. The van der Waals surface area contributed by atoms with E-state index in [9.17, 15) is 14.4 Å². The Morgan fingerprint density at radius 3 is 2.03 bits per heavy atom. The summed E-state index contributed by atoms with van der Waals surface area (Å²) in [6, 6.07) is 17.6. The van der Waals surface area contributed by atoms with Crippen LogP contribution in [0.2, 0.25) is 5.15 Å². The number of hydrogen-bond donors (Lipinski definition) is 0. The molecule has 1 heterocycles. The zero-order chi connectivity index (χ0) is 26.8. The molecule has 1 aromatic heterocycles. The van der Waals surface area contributed by atoms with Crippen molar-refractivity contribution in [2.24, 2.45) is 5.92 Å². The van der Waals surface area contributed by atoms with E-state index in [0.29, 0.717) is 22.0 Å². The van der Waals surface area contributed by atoms with Crippen LogP contribution >= 0.6 is 11.6 Å². The van der Waals surface area contributed by atoms with Crippen LogP contribution in [0.3, 0.4) is 0 Å². The van der Waals surface area contributed by atoms with Gasteiger partial charge in [-0.2, -0.15) is 0 Å². The van der Waals surface area contributed by atoms with Crippen molar-refractivity contribution in [3.05, 3.63) is 94.3 Å². The molecule has 1 atom stereocenters. The molecule has 2 aromatic carbocycles. The van der Waals surface area contributed by atoms with Crippen molar-refractivity contribution >= 4 is 29.3 Å². The second kappa shape index (κ2) is 13.6. The van der Waals surface area contributed by atoms with Crippen LogP contribution in [0.5, 0.6) is 5.75 Å². The number of benzene rings is 2. The molecule has 0 saturated heterocycles. The molecular weight excluding hydrogens is 494 g/mol. The second-order valence-electron chi connectivity index (χ2n) is 8.43. The van der Waals surface area contributed by atoms with Gasteiger partial charge in [-0.25, -0.2) is 4.98 Å². The molecule has 37 heavy (non-hydrogen) atoms. The van der Waals surface area contributed by atoms with Gasteiger partial charge in [0, 0.05) is 29.7 Å². The summed E-state index contributed by atoms with van der Waals surface area (Å²) in [7, 11) is 0. The van der Waals surface area contributed by atoms with Crippen LogP contribution in [-0.4, -0.2) is 35.9 Å². The Morgan fingerprint density at radius 1 is 0.865 bits per heavy atom. The topological polar surface area (TPSA) is 91.8 Å². The molecule has 0 spiro atoms. The summed E-state index contributed by atoms with van der Waals surface area (Å²) in [5, 5.41) is 0.400. The lowest BCUT2D eigenvalue weighted by Gasteiger charge is -2.24. The van der Waals surface area contributed by atoms with Crippen molar-refractivity contribution < 1.29 is 28.6 Å². The fraction of sp³-hybridized carbons (Fsp3) is 0.310. The van der Waals surface area contributed by atoms with E-state index in [1.807, 2.05) is 25.1 Å². The molecular formula is C29H30ClNO6. The maximum Gasteiger partial charge on any atom is 0.320 e. The monoisotopic (exact) mass is 523 g/mol. The first kappa shape index (κ1) is 27.9. The van der Waals surface area contributed by atoms with Crippen LogP contribution in [0.4, 0.5) is 0 Å². The molecule has 0 radical (unpaired) electrons. The lowest BCUT2D eigenvalue weighted by Crippen LogP contribution is -2.34. The van der Waals surface area contributed by atoms with Crippen molar-refractivity contribution in [1.82, 2.24) is 4.98 Å². The van der Waals surface area contributed by atoms with E-state index in [0.717, 1.165) is 11.1 Å². The Labute approximate surface area is 221 Å². The minimum Gasteiger partial charge on any atom is -0.489 e. The number of pyridine rings is 1. The van der Waals surface area contributed by atoms with Crippen molar-refractivity contribution in [3.63, 3.8) is 0 Å². The quantitative estimate of drug-likeness (QED) is 0.130. The number of rotatable bonds is 12. The number of ketones is 1. The Kier molecular flexibility index (Phi) is 10.2. The smallest absolute Gasteiger partial charge is 0.320 e. The van der Waals surface area contributed by atoms with Gasteiger partial charge in [-0.15, -0.1) is 0 Å². The summed E-state index contributed by atoms with van der Waals surface area (Å²) >= 11 is 5.83. The highest BCUT2D eigenvalue weighted by atomic mass is 35.5. The Hall–Kier alpha value is -3.71. The molecule has 7 nitrogen and oxygen atoms in total. The average Bonchev–Trinajstić information content (AvgIpc) is 2.89. The first-order valence-corrected chi connectivity index (χ1v) is 12.5. The molecule has 3 aromatic rings. The minimum atomic E-state index is -1.29. The number of halogens is 1. The van der Waals surface area contributed by atoms with Crippen LogP contribution < -0.4 is 4.74 Å². The van der Waals surface area contributed by atoms with Gasteiger partial charge < -0.3 is 14.2 Å². The standard InChI is InChI=1S/C29H30ClNO6/c1-4-35-28(33)27(29(34)36-5-2)24(16-25(32)22-9-6-19(3)7-10-22)21-11-13-23(14-12-21)37-18-20-8-15-26(30)31-17-20/h6-15,17,24,27H,4-5,16,18H2,1-3H3. The predicted molar refractivity (Wildman–Crippen MR) is 140 cm³/mol. The molecule has 0 amide bonds. The van der Waals surface area contributed by atoms with E-state index in [1.54, 1.807) is 62.5 Å². The zero-order valence-corrected chi connectivity index (χ0v) is 21.9. The number of Topliss-reactive ketones (excluding diaryl/α,β-unsaturated/α-hetero) is 1. The number of carbonyl (C=O) groups is 3. The first-order valence-electron chi connectivity index (χ1n) is 12.1. The Bertz CT molecular complexity index is 1170. The van der Waals surface area contributed by atoms with E-state index in [4.69, 9.17) is 25.8 Å². The number of ether oxygens (including phenoxy) is 3. The van der Waals surface area contributed by atoms with Gasteiger partial charge in [0.1, 0.15) is 17.5 Å². The normalized spacial score (nSPS) is 11.6.